The predicted octanol–water partition coefficient (Wildman–Crippen LogP) is 3.53. The maximum Gasteiger partial charge on any atom is 0.328 e. The Bertz CT molecular complexity index is 731. The molecule has 0 fully saturated rings. The maximum absolute atomic E-state index is 12.9. The Morgan fingerprint density at radius 3 is 2.43 bits per heavy atom. The van der Waals surface area contributed by atoms with E-state index in [0.29, 0.717) is 11.3 Å². The SMILES string of the molecule is CCOC(=O)CC[C@H](NC(=O)c1sc(CCCSC(C)=O)cc1CC)C(=O)OCC. The van der Waals surface area contributed by atoms with E-state index in [1.54, 1.807) is 20.8 Å². The summed E-state index contributed by atoms with van der Waals surface area (Å²) >= 11 is 2.70. The van der Waals surface area contributed by atoms with E-state index in [9.17, 15) is 19.2 Å². The van der Waals surface area contributed by atoms with Crippen molar-refractivity contribution in [1.82, 2.24) is 5.32 Å². The standard InChI is InChI=1S/C21H31NO6S2/c1-5-15-13-16(9-8-12-29-14(4)23)30-19(15)20(25)22-17(21(26)28-7-3)10-11-18(24)27-6-2/h13,17H,5-12H2,1-4H3,(H,22,25)/t17-/m0/s1. The van der Waals surface area contributed by atoms with Crippen LogP contribution < -0.4 is 5.32 Å². The zero-order valence-electron chi connectivity index (χ0n) is 18.1. The topological polar surface area (TPSA) is 98.8 Å². The van der Waals surface area contributed by atoms with Gasteiger partial charge >= 0.3 is 11.9 Å². The number of esters is 2. The second-order valence-electron chi connectivity index (χ2n) is 6.49. The van der Waals surface area contributed by atoms with Gasteiger partial charge in [-0.2, -0.15) is 0 Å². The zero-order valence-corrected chi connectivity index (χ0v) is 19.7. The molecule has 168 valence electrons. The monoisotopic (exact) mass is 457 g/mol. The van der Waals surface area contributed by atoms with Gasteiger partial charge in [-0.3, -0.25) is 14.4 Å². The van der Waals surface area contributed by atoms with Crippen molar-refractivity contribution >= 4 is 46.1 Å². The average Bonchev–Trinajstić information content (AvgIpc) is 3.12. The highest BCUT2D eigenvalue weighted by Gasteiger charge is 2.25. The van der Waals surface area contributed by atoms with E-state index in [1.165, 1.54) is 23.1 Å². The van der Waals surface area contributed by atoms with E-state index in [0.717, 1.165) is 29.0 Å². The largest absolute Gasteiger partial charge is 0.466 e. The smallest absolute Gasteiger partial charge is 0.328 e. The highest BCUT2D eigenvalue weighted by atomic mass is 32.2. The van der Waals surface area contributed by atoms with Crippen molar-refractivity contribution in [2.24, 2.45) is 0 Å². The first-order valence-electron chi connectivity index (χ1n) is 10.2. The molecule has 1 heterocycles. The van der Waals surface area contributed by atoms with Gasteiger partial charge in [0.05, 0.1) is 18.1 Å². The minimum atomic E-state index is -0.913. The minimum Gasteiger partial charge on any atom is -0.466 e. The predicted molar refractivity (Wildman–Crippen MR) is 119 cm³/mol. The fourth-order valence-electron chi connectivity index (χ4n) is 2.74. The van der Waals surface area contributed by atoms with Crippen molar-refractivity contribution in [2.75, 3.05) is 19.0 Å². The molecular weight excluding hydrogens is 426 g/mol. The van der Waals surface area contributed by atoms with Crippen LogP contribution in [0.2, 0.25) is 0 Å². The van der Waals surface area contributed by atoms with Crippen LogP contribution in [0, 0.1) is 0 Å². The number of rotatable bonds is 13. The number of hydrogen-bond donors (Lipinski definition) is 1. The van der Waals surface area contributed by atoms with Crippen LogP contribution in [0.5, 0.6) is 0 Å². The molecule has 1 atom stereocenters. The lowest BCUT2D eigenvalue weighted by molar-refractivity contribution is -0.146. The lowest BCUT2D eigenvalue weighted by Gasteiger charge is -2.17. The van der Waals surface area contributed by atoms with Crippen LogP contribution >= 0.6 is 23.1 Å². The van der Waals surface area contributed by atoms with Crippen LogP contribution in [-0.4, -0.2) is 48.0 Å². The molecule has 0 saturated carbocycles. The van der Waals surface area contributed by atoms with Crippen LogP contribution in [0.25, 0.3) is 0 Å². The molecule has 0 aliphatic carbocycles. The molecule has 1 amide bonds. The fraction of sp³-hybridized carbons (Fsp3) is 0.619. The molecule has 0 unspecified atom stereocenters. The van der Waals surface area contributed by atoms with Crippen molar-refractivity contribution in [1.29, 1.82) is 0 Å². The third-order valence-electron chi connectivity index (χ3n) is 4.14. The summed E-state index contributed by atoms with van der Waals surface area (Å²) in [5.41, 5.74) is 0.916. The van der Waals surface area contributed by atoms with Crippen molar-refractivity contribution in [3.05, 3.63) is 21.4 Å². The Morgan fingerprint density at radius 2 is 1.83 bits per heavy atom. The van der Waals surface area contributed by atoms with Crippen molar-refractivity contribution in [3.63, 3.8) is 0 Å². The molecule has 7 nitrogen and oxygen atoms in total. The summed E-state index contributed by atoms with van der Waals surface area (Å²) in [4.78, 5) is 49.4. The molecule has 1 aromatic heterocycles. The highest BCUT2D eigenvalue weighted by molar-refractivity contribution is 8.13. The summed E-state index contributed by atoms with van der Waals surface area (Å²) in [6.07, 6.45) is 2.46. The number of ether oxygens (including phenoxy) is 2. The van der Waals surface area contributed by atoms with Crippen molar-refractivity contribution in [2.45, 2.75) is 65.8 Å². The van der Waals surface area contributed by atoms with Gasteiger partial charge in [-0.25, -0.2) is 4.79 Å². The van der Waals surface area contributed by atoms with Crippen molar-refractivity contribution < 1.29 is 28.7 Å². The number of amides is 1. The van der Waals surface area contributed by atoms with Crippen LogP contribution in [-0.2, 0) is 36.7 Å². The summed E-state index contributed by atoms with van der Waals surface area (Å²) in [5, 5.41) is 2.83. The Balaban J connectivity index is 2.81. The Kier molecular flexibility index (Phi) is 12.4. The highest BCUT2D eigenvalue weighted by Crippen LogP contribution is 2.25. The van der Waals surface area contributed by atoms with Gasteiger partial charge in [0.25, 0.3) is 5.91 Å². The van der Waals surface area contributed by atoms with Gasteiger partial charge < -0.3 is 14.8 Å². The first kappa shape index (κ1) is 26.2. The molecule has 0 spiro atoms. The minimum absolute atomic E-state index is 0.0156. The molecule has 0 aromatic carbocycles. The van der Waals surface area contributed by atoms with E-state index in [2.05, 4.69) is 5.32 Å². The summed E-state index contributed by atoms with van der Waals surface area (Å²) in [7, 11) is 0. The van der Waals surface area contributed by atoms with Crippen molar-refractivity contribution in [3.8, 4) is 0 Å². The van der Waals surface area contributed by atoms with E-state index < -0.39 is 18.0 Å². The number of hydrogen-bond acceptors (Lipinski definition) is 8. The van der Waals surface area contributed by atoms with Crippen LogP contribution in [0.3, 0.4) is 0 Å². The first-order chi connectivity index (χ1) is 14.3. The number of thiophene rings is 1. The lowest BCUT2D eigenvalue weighted by Crippen LogP contribution is -2.42. The van der Waals surface area contributed by atoms with Crippen LogP contribution in [0.1, 0.15) is 67.1 Å². The Morgan fingerprint density at radius 1 is 1.13 bits per heavy atom. The van der Waals surface area contributed by atoms with Gasteiger partial charge in [-0.1, -0.05) is 18.7 Å². The summed E-state index contributed by atoms with van der Waals surface area (Å²) in [5.74, 6) is -0.582. The molecule has 1 aromatic rings. The lowest BCUT2D eigenvalue weighted by atomic mass is 10.1. The molecule has 0 radical (unpaired) electrons. The molecule has 30 heavy (non-hydrogen) atoms. The number of nitrogens with one attached hydrogen (secondary N) is 1. The molecule has 1 rings (SSSR count). The fourth-order valence-corrected chi connectivity index (χ4v) is 4.51. The van der Waals surface area contributed by atoms with Gasteiger partial charge in [0.2, 0.25) is 0 Å². The third-order valence-corrected chi connectivity index (χ3v) is 6.27. The second kappa shape index (κ2) is 14.2. The second-order valence-corrected chi connectivity index (χ2v) is 8.89. The number of thioether (sulfide) groups is 1. The molecule has 9 heteroatoms. The number of carbonyl (C=O) groups is 4. The van der Waals surface area contributed by atoms with Gasteiger partial charge in [-0.05, 0) is 51.2 Å². The van der Waals surface area contributed by atoms with E-state index in [4.69, 9.17) is 9.47 Å². The molecule has 0 aliphatic rings. The van der Waals surface area contributed by atoms with Gasteiger partial charge in [-0.15, -0.1) is 11.3 Å². The van der Waals surface area contributed by atoms with Crippen LogP contribution in [0.4, 0.5) is 0 Å². The Hall–Kier alpha value is -1.87. The van der Waals surface area contributed by atoms with Gasteiger partial charge in [0.15, 0.2) is 5.12 Å². The molecule has 0 aliphatic heterocycles. The van der Waals surface area contributed by atoms with Gasteiger partial charge in [0.1, 0.15) is 6.04 Å². The Labute approximate surface area is 186 Å². The summed E-state index contributed by atoms with van der Waals surface area (Å²) in [6.45, 7) is 7.37. The van der Waals surface area contributed by atoms with E-state index in [-0.39, 0.29) is 37.1 Å². The molecule has 0 saturated heterocycles. The number of aryl methyl sites for hydroxylation is 2. The van der Waals surface area contributed by atoms with E-state index >= 15 is 0 Å². The third kappa shape index (κ3) is 9.30. The maximum atomic E-state index is 12.9. The molecule has 1 N–H and O–H groups in total. The van der Waals surface area contributed by atoms with Crippen LogP contribution in [0.15, 0.2) is 6.07 Å². The molecule has 0 bridgehead atoms. The summed E-state index contributed by atoms with van der Waals surface area (Å²) in [6, 6.07) is 1.10. The van der Waals surface area contributed by atoms with E-state index in [1.807, 2.05) is 13.0 Å². The van der Waals surface area contributed by atoms with Gasteiger partial charge in [0, 0.05) is 24.0 Å². The average molecular weight is 458 g/mol. The zero-order chi connectivity index (χ0) is 22.5. The molecular formula is C21H31NO6S2. The summed E-state index contributed by atoms with van der Waals surface area (Å²) < 4.78 is 9.95. The first-order valence-corrected chi connectivity index (χ1v) is 12.0. The quantitative estimate of drug-likeness (QED) is 0.357. The number of carbonyl (C=O) groups excluding carboxylic acids is 4. The normalized spacial score (nSPS) is 11.6.